The Balaban J connectivity index is 1.79. The van der Waals surface area contributed by atoms with Gasteiger partial charge in [0, 0.05) is 18.7 Å². The normalized spacial score (nSPS) is 13.4. The number of rotatable bonds is 4. The van der Waals surface area contributed by atoms with Gasteiger partial charge >= 0.3 is 0 Å². The minimum absolute atomic E-state index is 0.0749. The van der Waals surface area contributed by atoms with Crippen molar-refractivity contribution in [3.8, 4) is 11.1 Å². The van der Waals surface area contributed by atoms with Crippen LogP contribution in [-0.2, 0) is 6.42 Å². The number of aliphatic hydroxyl groups excluding tert-OH is 1. The number of nitrogens with one attached hydrogen (secondary N) is 1. The summed E-state index contributed by atoms with van der Waals surface area (Å²) in [5.41, 5.74) is 5.71. The van der Waals surface area contributed by atoms with Crippen molar-refractivity contribution >= 4 is 5.91 Å². The molecule has 3 rings (SSSR count). The fraction of sp³-hybridized carbons (Fsp3) is 0.278. The van der Waals surface area contributed by atoms with E-state index in [9.17, 15) is 4.79 Å². The lowest BCUT2D eigenvalue weighted by atomic mass is 10.0. The summed E-state index contributed by atoms with van der Waals surface area (Å²) in [6, 6.07) is 14.3. The molecule has 108 valence electrons. The zero-order chi connectivity index (χ0) is 14.8. The van der Waals surface area contributed by atoms with Crippen molar-refractivity contribution in [2.24, 2.45) is 5.92 Å². The van der Waals surface area contributed by atoms with Gasteiger partial charge in [0.15, 0.2) is 0 Å². The molecule has 1 atom stereocenters. The molecule has 3 nitrogen and oxygen atoms in total. The maximum atomic E-state index is 12.1. The van der Waals surface area contributed by atoms with Gasteiger partial charge in [0.1, 0.15) is 0 Å². The lowest BCUT2D eigenvalue weighted by Gasteiger charge is -2.10. The third kappa shape index (κ3) is 2.69. The number of carbonyl (C=O) groups is 1. The molecule has 1 aliphatic rings. The molecular formula is C18H19NO2. The highest BCUT2D eigenvalue weighted by Crippen LogP contribution is 2.36. The number of aliphatic hydroxyl groups is 1. The predicted molar refractivity (Wildman–Crippen MR) is 83.3 cm³/mol. The molecule has 1 amide bonds. The van der Waals surface area contributed by atoms with E-state index in [1.807, 2.05) is 31.2 Å². The van der Waals surface area contributed by atoms with Crippen molar-refractivity contribution < 1.29 is 9.90 Å². The van der Waals surface area contributed by atoms with E-state index in [1.54, 1.807) is 0 Å². The Morgan fingerprint density at radius 3 is 2.76 bits per heavy atom. The first-order valence-corrected chi connectivity index (χ1v) is 7.29. The van der Waals surface area contributed by atoms with Crippen LogP contribution in [0.1, 0.15) is 28.4 Å². The van der Waals surface area contributed by atoms with Crippen LogP contribution in [0, 0.1) is 5.92 Å². The van der Waals surface area contributed by atoms with Crippen LogP contribution >= 0.6 is 0 Å². The molecule has 0 fully saturated rings. The number of hydrogen-bond donors (Lipinski definition) is 2. The molecule has 0 radical (unpaired) electrons. The Morgan fingerprint density at radius 1 is 1.19 bits per heavy atom. The molecule has 3 heteroatoms. The average Bonchev–Trinajstić information content (AvgIpc) is 2.89. The smallest absolute Gasteiger partial charge is 0.251 e. The van der Waals surface area contributed by atoms with Crippen LogP contribution in [-0.4, -0.2) is 24.2 Å². The van der Waals surface area contributed by atoms with Crippen molar-refractivity contribution in [1.29, 1.82) is 0 Å². The van der Waals surface area contributed by atoms with Gasteiger partial charge in [-0.25, -0.2) is 0 Å². The molecule has 0 aliphatic heterocycles. The van der Waals surface area contributed by atoms with Crippen LogP contribution in [0.4, 0.5) is 0 Å². The maximum absolute atomic E-state index is 12.1. The van der Waals surface area contributed by atoms with Crippen molar-refractivity contribution in [1.82, 2.24) is 5.32 Å². The first-order valence-electron chi connectivity index (χ1n) is 7.29. The van der Waals surface area contributed by atoms with Crippen molar-refractivity contribution in [3.05, 3.63) is 59.2 Å². The van der Waals surface area contributed by atoms with Crippen LogP contribution in [0.3, 0.4) is 0 Å². The molecule has 0 spiro atoms. The fourth-order valence-corrected chi connectivity index (χ4v) is 2.72. The monoisotopic (exact) mass is 281 g/mol. The third-order valence-electron chi connectivity index (χ3n) is 3.98. The molecule has 21 heavy (non-hydrogen) atoms. The Morgan fingerprint density at radius 2 is 1.95 bits per heavy atom. The zero-order valence-electron chi connectivity index (χ0n) is 12.1. The van der Waals surface area contributed by atoms with Gasteiger partial charge in [-0.3, -0.25) is 4.79 Å². The second kappa shape index (κ2) is 5.70. The first-order chi connectivity index (χ1) is 10.2. The number of benzene rings is 2. The Labute approximate surface area is 124 Å². The van der Waals surface area contributed by atoms with E-state index in [4.69, 9.17) is 5.11 Å². The van der Waals surface area contributed by atoms with E-state index >= 15 is 0 Å². The molecule has 0 aromatic heterocycles. The third-order valence-corrected chi connectivity index (χ3v) is 3.98. The van der Waals surface area contributed by atoms with E-state index < -0.39 is 0 Å². The zero-order valence-corrected chi connectivity index (χ0v) is 12.1. The second-order valence-electron chi connectivity index (χ2n) is 5.70. The van der Waals surface area contributed by atoms with E-state index in [1.165, 1.54) is 22.3 Å². The highest BCUT2D eigenvalue weighted by atomic mass is 16.3. The van der Waals surface area contributed by atoms with Crippen LogP contribution in [0.25, 0.3) is 11.1 Å². The molecular weight excluding hydrogens is 262 g/mol. The summed E-state index contributed by atoms with van der Waals surface area (Å²) in [4.78, 5) is 12.1. The Hall–Kier alpha value is -2.13. The van der Waals surface area contributed by atoms with Crippen molar-refractivity contribution in [3.63, 3.8) is 0 Å². The van der Waals surface area contributed by atoms with Gasteiger partial charge in [-0.1, -0.05) is 37.3 Å². The summed E-state index contributed by atoms with van der Waals surface area (Å²) in [6.07, 6.45) is 0.889. The molecule has 2 N–H and O–H groups in total. The predicted octanol–water partition coefficient (Wildman–Crippen LogP) is 2.62. The van der Waals surface area contributed by atoms with Gasteiger partial charge < -0.3 is 10.4 Å². The molecule has 2 aromatic carbocycles. The van der Waals surface area contributed by atoms with Gasteiger partial charge in [-0.05, 0) is 46.7 Å². The number of carbonyl (C=O) groups excluding carboxylic acids is 1. The number of amides is 1. The number of hydrogen-bond acceptors (Lipinski definition) is 2. The molecule has 0 heterocycles. The number of fused-ring (bicyclic) bond motifs is 3. The van der Waals surface area contributed by atoms with E-state index in [-0.39, 0.29) is 18.4 Å². The SMILES string of the molecule is CC(CO)CNC(=O)c1ccc2c(c1)Cc1ccccc1-2. The van der Waals surface area contributed by atoms with Crippen molar-refractivity contribution in [2.45, 2.75) is 13.3 Å². The molecule has 2 aromatic rings. The van der Waals surface area contributed by atoms with Crippen LogP contribution in [0.2, 0.25) is 0 Å². The summed E-state index contributed by atoms with van der Waals surface area (Å²) in [5.74, 6) is 0.00156. The molecule has 0 saturated carbocycles. The topological polar surface area (TPSA) is 49.3 Å². The molecule has 0 bridgehead atoms. The standard InChI is InChI=1S/C18H19NO2/c1-12(11-20)10-19-18(21)14-6-7-17-15(9-14)8-13-4-2-3-5-16(13)17/h2-7,9,12,20H,8,10-11H2,1H3,(H,19,21). The fourth-order valence-electron chi connectivity index (χ4n) is 2.72. The Bertz CT molecular complexity index is 679. The van der Waals surface area contributed by atoms with Crippen molar-refractivity contribution in [2.75, 3.05) is 13.2 Å². The molecule has 0 saturated heterocycles. The lowest BCUT2D eigenvalue weighted by molar-refractivity contribution is 0.0942. The Kier molecular flexibility index (Phi) is 3.76. The lowest BCUT2D eigenvalue weighted by Crippen LogP contribution is -2.29. The highest BCUT2D eigenvalue weighted by Gasteiger charge is 2.19. The summed E-state index contributed by atoms with van der Waals surface area (Å²) in [5, 5.41) is 11.9. The van der Waals surface area contributed by atoms with E-state index in [0.717, 1.165) is 6.42 Å². The highest BCUT2D eigenvalue weighted by molar-refractivity contribution is 5.95. The van der Waals surface area contributed by atoms with Gasteiger partial charge in [-0.15, -0.1) is 0 Å². The van der Waals surface area contributed by atoms with Gasteiger partial charge in [0.2, 0.25) is 0 Å². The second-order valence-corrected chi connectivity index (χ2v) is 5.70. The van der Waals surface area contributed by atoms with Crippen LogP contribution < -0.4 is 5.32 Å². The first kappa shape index (κ1) is 13.8. The van der Waals surface area contributed by atoms with Gasteiger partial charge in [0.25, 0.3) is 5.91 Å². The van der Waals surface area contributed by atoms with Gasteiger partial charge in [-0.2, -0.15) is 0 Å². The van der Waals surface area contributed by atoms with E-state index in [0.29, 0.717) is 12.1 Å². The largest absolute Gasteiger partial charge is 0.396 e. The van der Waals surface area contributed by atoms with Crippen LogP contribution in [0.15, 0.2) is 42.5 Å². The minimum atomic E-state index is -0.0749. The molecule has 1 unspecified atom stereocenters. The summed E-state index contributed by atoms with van der Waals surface area (Å²) in [7, 11) is 0. The minimum Gasteiger partial charge on any atom is -0.396 e. The quantitative estimate of drug-likeness (QED) is 0.772. The average molecular weight is 281 g/mol. The van der Waals surface area contributed by atoms with Gasteiger partial charge in [0.05, 0.1) is 0 Å². The maximum Gasteiger partial charge on any atom is 0.251 e. The van der Waals surface area contributed by atoms with E-state index in [2.05, 4.69) is 23.5 Å². The van der Waals surface area contributed by atoms with Crippen LogP contribution in [0.5, 0.6) is 0 Å². The molecule has 1 aliphatic carbocycles. The summed E-state index contributed by atoms with van der Waals surface area (Å²) >= 11 is 0. The summed E-state index contributed by atoms with van der Waals surface area (Å²) in [6.45, 7) is 2.48. The summed E-state index contributed by atoms with van der Waals surface area (Å²) < 4.78 is 0.